The maximum Gasteiger partial charge on any atom is 0.357 e. The normalized spacial score (nSPS) is 12.4. The molecule has 2 heterocycles. The van der Waals surface area contributed by atoms with Crippen molar-refractivity contribution in [2.45, 2.75) is 26.4 Å². The molecule has 8 nitrogen and oxygen atoms in total. The fourth-order valence-electron chi connectivity index (χ4n) is 2.50. The lowest BCUT2D eigenvalue weighted by atomic mass is 10.2. The molecule has 0 fully saturated rings. The smallest absolute Gasteiger partial charge is 0.357 e. The monoisotopic (exact) mass is 411 g/mol. The minimum absolute atomic E-state index is 0.117. The predicted molar refractivity (Wildman–Crippen MR) is 111 cm³/mol. The van der Waals surface area contributed by atoms with Crippen molar-refractivity contribution in [1.82, 2.24) is 25.5 Å². The van der Waals surface area contributed by atoms with Crippen molar-refractivity contribution in [3.05, 3.63) is 52.7 Å². The number of rotatable bonds is 8. The third-order valence-electron chi connectivity index (χ3n) is 3.96. The summed E-state index contributed by atoms with van der Waals surface area (Å²) in [6.07, 6.45) is 1.49. The van der Waals surface area contributed by atoms with Crippen molar-refractivity contribution < 1.29 is 14.3 Å². The highest BCUT2D eigenvalue weighted by atomic mass is 32.1. The second kappa shape index (κ2) is 9.74. The number of esters is 1. The minimum Gasteiger partial charge on any atom is -0.448 e. The zero-order chi connectivity index (χ0) is 20.6. The molecule has 3 aromatic rings. The van der Waals surface area contributed by atoms with Gasteiger partial charge < -0.3 is 10.1 Å². The lowest BCUT2D eigenvalue weighted by Crippen LogP contribution is -2.36. The minimum atomic E-state index is -0.947. The molecule has 2 aromatic heterocycles. The molecule has 29 heavy (non-hydrogen) atoms. The van der Waals surface area contributed by atoms with Crippen molar-refractivity contribution in [2.75, 3.05) is 6.54 Å². The van der Waals surface area contributed by atoms with Crippen molar-refractivity contribution in [1.29, 1.82) is 0 Å². The highest BCUT2D eigenvalue weighted by Gasteiger charge is 2.24. The van der Waals surface area contributed by atoms with Crippen LogP contribution in [0.25, 0.3) is 23.2 Å². The third kappa shape index (κ3) is 5.14. The van der Waals surface area contributed by atoms with E-state index >= 15 is 0 Å². The number of amides is 1. The Morgan fingerprint density at radius 1 is 1.24 bits per heavy atom. The van der Waals surface area contributed by atoms with Gasteiger partial charge in [0.05, 0.1) is 0 Å². The first kappa shape index (κ1) is 20.4. The Bertz CT molecular complexity index is 983. The number of carbonyl (C=O) groups excluding carboxylic acids is 2. The molecule has 150 valence electrons. The van der Waals surface area contributed by atoms with Crippen LogP contribution >= 0.6 is 11.3 Å². The second-order valence-electron chi connectivity index (χ2n) is 6.16. The standard InChI is InChI=1S/C20H21N5O3S/c1-3-11-21-19(26)14(2)28-20(27)17(13-16-10-7-12-29-16)25-18(22-23-24-25)15-8-5-4-6-9-15/h4-10,12-14H,3,11H2,1-2H3,(H,21,26)/b17-13-/t14-/m0/s1. The topological polar surface area (TPSA) is 99.0 Å². The molecule has 0 bridgehead atoms. The summed E-state index contributed by atoms with van der Waals surface area (Å²) < 4.78 is 6.73. The molecule has 0 radical (unpaired) electrons. The van der Waals surface area contributed by atoms with Crippen molar-refractivity contribution in [3.8, 4) is 11.4 Å². The Kier molecular flexibility index (Phi) is 6.85. The highest BCUT2D eigenvalue weighted by molar-refractivity contribution is 7.10. The van der Waals surface area contributed by atoms with Crippen LogP contribution in [0, 0.1) is 0 Å². The van der Waals surface area contributed by atoms with E-state index in [0.717, 1.165) is 16.9 Å². The summed E-state index contributed by atoms with van der Waals surface area (Å²) >= 11 is 1.46. The first-order chi connectivity index (χ1) is 14.1. The van der Waals surface area contributed by atoms with Crippen LogP contribution in [0.4, 0.5) is 0 Å². The molecular formula is C20H21N5O3S. The van der Waals surface area contributed by atoms with Gasteiger partial charge in [0.25, 0.3) is 5.91 Å². The van der Waals surface area contributed by atoms with Crippen LogP contribution in [0.5, 0.6) is 0 Å². The number of tetrazole rings is 1. The summed E-state index contributed by atoms with van der Waals surface area (Å²) in [6.45, 7) is 3.99. The van der Waals surface area contributed by atoms with E-state index in [9.17, 15) is 9.59 Å². The molecular weight excluding hydrogens is 390 g/mol. The molecule has 1 atom stereocenters. The number of aromatic nitrogens is 4. The van der Waals surface area contributed by atoms with E-state index in [1.165, 1.54) is 22.9 Å². The summed E-state index contributed by atoms with van der Waals surface area (Å²) in [5.41, 5.74) is 0.863. The molecule has 0 spiro atoms. The molecule has 0 aliphatic heterocycles. The van der Waals surface area contributed by atoms with Crippen LogP contribution in [0.3, 0.4) is 0 Å². The Morgan fingerprint density at radius 3 is 2.72 bits per heavy atom. The Balaban J connectivity index is 1.92. The van der Waals surface area contributed by atoms with Crippen LogP contribution in [0.1, 0.15) is 25.1 Å². The van der Waals surface area contributed by atoms with Gasteiger partial charge in [0.2, 0.25) is 0 Å². The molecule has 1 aromatic carbocycles. The third-order valence-corrected chi connectivity index (χ3v) is 4.78. The number of benzene rings is 1. The number of hydrogen-bond acceptors (Lipinski definition) is 7. The summed E-state index contributed by atoms with van der Waals surface area (Å²) in [5, 5.41) is 16.4. The van der Waals surface area contributed by atoms with Gasteiger partial charge in [-0.2, -0.15) is 4.68 Å². The van der Waals surface area contributed by atoms with Crippen LogP contribution in [0.2, 0.25) is 0 Å². The summed E-state index contributed by atoms with van der Waals surface area (Å²) in [5.74, 6) is -0.647. The Labute approximate surface area is 172 Å². The summed E-state index contributed by atoms with van der Waals surface area (Å²) in [4.78, 5) is 25.9. The van der Waals surface area contributed by atoms with Crippen molar-refractivity contribution in [3.63, 3.8) is 0 Å². The maximum atomic E-state index is 13.0. The van der Waals surface area contributed by atoms with Gasteiger partial charge in [-0.05, 0) is 41.3 Å². The largest absolute Gasteiger partial charge is 0.448 e. The van der Waals surface area contributed by atoms with Crippen LogP contribution < -0.4 is 5.32 Å². The average Bonchev–Trinajstić information content (AvgIpc) is 3.42. The molecule has 0 saturated heterocycles. The van der Waals surface area contributed by atoms with E-state index in [4.69, 9.17) is 4.74 Å². The van der Waals surface area contributed by atoms with Crippen molar-refractivity contribution >= 4 is 35.0 Å². The van der Waals surface area contributed by atoms with Gasteiger partial charge in [-0.25, -0.2) is 4.79 Å². The fourth-order valence-corrected chi connectivity index (χ4v) is 3.15. The number of nitrogens with one attached hydrogen (secondary N) is 1. The molecule has 1 amide bonds. The molecule has 0 aliphatic carbocycles. The maximum absolute atomic E-state index is 13.0. The lowest BCUT2D eigenvalue weighted by Gasteiger charge is -2.15. The number of carbonyl (C=O) groups is 2. The Morgan fingerprint density at radius 2 is 2.03 bits per heavy atom. The van der Waals surface area contributed by atoms with Gasteiger partial charge in [-0.3, -0.25) is 4.79 Å². The van der Waals surface area contributed by atoms with E-state index in [0.29, 0.717) is 12.4 Å². The quantitative estimate of drug-likeness (QED) is 0.452. The van der Waals surface area contributed by atoms with Crippen LogP contribution in [0.15, 0.2) is 47.8 Å². The zero-order valence-corrected chi connectivity index (χ0v) is 16.9. The molecule has 9 heteroatoms. The molecule has 1 N–H and O–H groups in total. The Hall–Kier alpha value is -3.33. The van der Waals surface area contributed by atoms with Gasteiger partial charge in [-0.15, -0.1) is 16.4 Å². The number of ether oxygens (including phenoxy) is 1. The second-order valence-corrected chi connectivity index (χ2v) is 7.14. The van der Waals surface area contributed by atoms with Crippen LogP contribution in [-0.2, 0) is 14.3 Å². The van der Waals surface area contributed by atoms with E-state index in [-0.39, 0.29) is 11.6 Å². The number of nitrogens with zero attached hydrogens (tertiary/aromatic N) is 4. The molecule has 3 rings (SSSR count). The SMILES string of the molecule is CCCNC(=O)[C@H](C)OC(=O)/C(=C/c1cccs1)n1nnnc1-c1ccccc1. The van der Waals surface area contributed by atoms with Gasteiger partial charge in [0.1, 0.15) is 0 Å². The van der Waals surface area contributed by atoms with Gasteiger partial charge in [-0.1, -0.05) is 43.3 Å². The average molecular weight is 411 g/mol. The first-order valence-electron chi connectivity index (χ1n) is 9.18. The lowest BCUT2D eigenvalue weighted by molar-refractivity contribution is -0.149. The van der Waals surface area contributed by atoms with E-state index in [2.05, 4.69) is 20.8 Å². The van der Waals surface area contributed by atoms with Gasteiger partial charge in [0.15, 0.2) is 17.6 Å². The fraction of sp³-hybridized carbons (Fsp3) is 0.250. The van der Waals surface area contributed by atoms with E-state index < -0.39 is 12.1 Å². The zero-order valence-electron chi connectivity index (χ0n) is 16.1. The van der Waals surface area contributed by atoms with Gasteiger partial charge >= 0.3 is 5.97 Å². The highest BCUT2D eigenvalue weighted by Crippen LogP contribution is 2.23. The number of thiophene rings is 1. The van der Waals surface area contributed by atoms with Gasteiger partial charge in [0, 0.05) is 17.0 Å². The number of hydrogen-bond donors (Lipinski definition) is 1. The van der Waals surface area contributed by atoms with Crippen molar-refractivity contribution in [2.24, 2.45) is 0 Å². The van der Waals surface area contributed by atoms with E-state index in [1.807, 2.05) is 54.8 Å². The summed E-state index contributed by atoms with van der Waals surface area (Å²) in [7, 11) is 0. The van der Waals surface area contributed by atoms with Crippen LogP contribution in [-0.4, -0.2) is 44.7 Å². The molecule has 0 aliphatic rings. The summed E-state index contributed by atoms with van der Waals surface area (Å²) in [6, 6.07) is 13.0. The first-order valence-corrected chi connectivity index (χ1v) is 10.1. The molecule has 0 unspecified atom stereocenters. The van der Waals surface area contributed by atoms with E-state index in [1.54, 1.807) is 6.08 Å². The predicted octanol–water partition coefficient (Wildman–Crippen LogP) is 2.86. The molecule has 0 saturated carbocycles.